The van der Waals surface area contributed by atoms with E-state index < -0.39 is 0 Å². The Morgan fingerprint density at radius 3 is 3.14 bits per heavy atom. The van der Waals surface area contributed by atoms with Gasteiger partial charge in [-0.1, -0.05) is 5.21 Å². The zero-order chi connectivity index (χ0) is 9.97. The Hall–Kier alpha value is -0.610. The molecule has 1 unspecified atom stereocenters. The average Bonchev–Trinajstić information content (AvgIpc) is 2.51. The van der Waals surface area contributed by atoms with Crippen LogP contribution in [-0.4, -0.2) is 38.4 Å². The molecule has 78 valence electrons. The largest absolute Gasteiger partial charge is 0.296 e. The molecule has 1 aliphatic rings. The lowest BCUT2D eigenvalue weighted by molar-refractivity contribution is 0.221. The van der Waals surface area contributed by atoms with Gasteiger partial charge in [0.25, 0.3) is 0 Å². The summed E-state index contributed by atoms with van der Waals surface area (Å²) in [5.74, 6) is 0. The normalized spacial score (nSPS) is 24.0. The van der Waals surface area contributed by atoms with Crippen LogP contribution in [0, 0.1) is 0 Å². The molecule has 1 aromatic rings. The molecule has 0 N–H and O–H groups in total. The molecule has 0 aliphatic carbocycles. The lowest BCUT2D eigenvalue weighted by Gasteiger charge is -2.28. The minimum atomic E-state index is 0.306. The maximum atomic E-state index is 6.10. The Bertz CT molecular complexity index is 299. The quantitative estimate of drug-likeness (QED) is 0.690. The fourth-order valence-electron chi connectivity index (χ4n) is 1.84. The molecule has 0 spiro atoms. The van der Waals surface area contributed by atoms with Gasteiger partial charge in [0.05, 0.1) is 5.69 Å². The van der Waals surface area contributed by atoms with Crippen LogP contribution in [0.15, 0.2) is 6.20 Å². The van der Waals surface area contributed by atoms with Crippen LogP contribution >= 0.6 is 11.6 Å². The smallest absolute Gasteiger partial charge is 0.0967 e. The monoisotopic (exact) mass is 214 g/mol. The molecule has 2 rings (SSSR count). The van der Waals surface area contributed by atoms with Gasteiger partial charge in [0.1, 0.15) is 0 Å². The van der Waals surface area contributed by atoms with Crippen LogP contribution in [0.5, 0.6) is 0 Å². The van der Waals surface area contributed by atoms with E-state index >= 15 is 0 Å². The number of piperidine rings is 1. The molecule has 2 heterocycles. The molecule has 0 amide bonds. The summed E-state index contributed by atoms with van der Waals surface area (Å²) in [4.78, 5) is 2.34. The van der Waals surface area contributed by atoms with E-state index in [-0.39, 0.29) is 0 Å². The predicted molar refractivity (Wildman–Crippen MR) is 55.2 cm³/mol. The summed E-state index contributed by atoms with van der Waals surface area (Å²) in [6.07, 6.45) is 4.28. The lowest BCUT2D eigenvalue weighted by atomic mass is 10.1. The van der Waals surface area contributed by atoms with E-state index in [0.29, 0.717) is 5.38 Å². The fraction of sp³-hybridized carbons (Fsp3) is 0.778. The minimum Gasteiger partial charge on any atom is -0.296 e. The number of likely N-dealkylation sites (tertiary alicyclic amines) is 1. The molecular formula is C9H15ClN4. The number of halogens is 1. The highest BCUT2D eigenvalue weighted by molar-refractivity contribution is 6.20. The topological polar surface area (TPSA) is 34.0 Å². The second-order valence-corrected chi connectivity index (χ2v) is 4.48. The third-order valence-corrected chi connectivity index (χ3v) is 2.84. The molecular weight excluding hydrogens is 200 g/mol. The van der Waals surface area contributed by atoms with Gasteiger partial charge in [-0.15, -0.1) is 16.7 Å². The van der Waals surface area contributed by atoms with Crippen molar-refractivity contribution in [2.75, 3.05) is 13.1 Å². The second-order valence-electron chi connectivity index (χ2n) is 3.86. The standard InChI is InChI=1S/C9H15ClN4/c1-13-6-9(11-12-13)7-14-4-2-3-8(10)5-14/h6,8H,2-5,7H2,1H3. The summed E-state index contributed by atoms with van der Waals surface area (Å²) in [5.41, 5.74) is 1.03. The van der Waals surface area contributed by atoms with Crippen molar-refractivity contribution < 1.29 is 0 Å². The van der Waals surface area contributed by atoms with Gasteiger partial charge in [0.15, 0.2) is 0 Å². The third-order valence-electron chi connectivity index (χ3n) is 2.48. The van der Waals surface area contributed by atoms with Crippen molar-refractivity contribution in [3.05, 3.63) is 11.9 Å². The Morgan fingerprint density at radius 1 is 1.64 bits per heavy atom. The van der Waals surface area contributed by atoms with Crippen molar-refractivity contribution >= 4 is 11.6 Å². The molecule has 1 fully saturated rings. The molecule has 0 aromatic carbocycles. The zero-order valence-corrected chi connectivity index (χ0v) is 9.11. The van der Waals surface area contributed by atoms with E-state index in [1.807, 2.05) is 13.2 Å². The lowest BCUT2D eigenvalue weighted by Crippen LogP contribution is -2.35. The van der Waals surface area contributed by atoms with E-state index in [1.54, 1.807) is 4.68 Å². The Kier molecular flexibility index (Phi) is 3.03. The molecule has 1 saturated heterocycles. The summed E-state index contributed by atoms with van der Waals surface area (Å²) in [6, 6.07) is 0. The van der Waals surface area contributed by atoms with Gasteiger partial charge >= 0.3 is 0 Å². The Balaban J connectivity index is 1.90. The molecule has 1 atom stereocenters. The van der Waals surface area contributed by atoms with E-state index in [9.17, 15) is 0 Å². The van der Waals surface area contributed by atoms with Crippen LogP contribution in [0.2, 0.25) is 0 Å². The van der Waals surface area contributed by atoms with E-state index in [4.69, 9.17) is 11.6 Å². The number of hydrogen-bond donors (Lipinski definition) is 0. The number of nitrogens with zero attached hydrogens (tertiary/aromatic N) is 4. The first kappa shape index (κ1) is 9.93. The molecule has 1 aromatic heterocycles. The van der Waals surface area contributed by atoms with E-state index in [0.717, 1.165) is 31.7 Å². The van der Waals surface area contributed by atoms with Crippen LogP contribution in [0.4, 0.5) is 0 Å². The molecule has 0 bridgehead atoms. The Morgan fingerprint density at radius 2 is 2.50 bits per heavy atom. The highest BCUT2D eigenvalue weighted by Crippen LogP contribution is 2.16. The third kappa shape index (κ3) is 2.45. The first-order valence-corrected chi connectivity index (χ1v) is 5.39. The van der Waals surface area contributed by atoms with Gasteiger partial charge in [-0.05, 0) is 19.4 Å². The van der Waals surface area contributed by atoms with Crippen molar-refractivity contribution in [3.8, 4) is 0 Å². The highest BCUT2D eigenvalue weighted by Gasteiger charge is 2.18. The second kappa shape index (κ2) is 4.28. The van der Waals surface area contributed by atoms with Crippen molar-refractivity contribution in [1.29, 1.82) is 0 Å². The van der Waals surface area contributed by atoms with Crippen molar-refractivity contribution in [3.63, 3.8) is 0 Å². The summed E-state index contributed by atoms with van der Waals surface area (Å²) in [7, 11) is 1.89. The summed E-state index contributed by atoms with van der Waals surface area (Å²) < 4.78 is 1.73. The number of aryl methyl sites for hydroxylation is 1. The molecule has 14 heavy (non-hydrogen) atoms. The molecule has 5 heteroatoms. The first-order chi connectivity index (χ1) is 6.74. The van der Waals surface area contributed by atoms with Crippen LogP contribution in [0.3, 0.4) is 0 Å². The molecule has 0 radical (unpaired) electrons. The van der Waals surface area contributed by atoms with E-state index in [1.165, 1.54) is 6.42 Å². The number of aromatic nitrogens is 3. The number of rotatable bonds is 2. The average molecular weight is 215 g/mol. The van der Waals surface area contributed by atoms with Gasteiger partial charge in [-0.25, -0.2) is 0 Å². The SMILES string of the molecule is Cn1cc(CN2CCCC(Cl)C2)nn1. The summed E-state index contributed by atoms with van der Waals surface area (Å²) >= 11 is 6.10. The van der Waals surface area contributed by atoms with Crippen molar-refractivity contribution in [1.82, 2.24) is 19.9 Å². The molecule has 1 aliphatic heterocycles. The van der Waals surface area contributed by atoms with Crippen LogP contribution in [0.25, 0.3) is 0 Å². The minimum absolute atomic E-state index is 0.306. The van der Waals surface area contributed by atoms with E-state index in [2.05, 4.69) is 15.2 Å². The van der Waals surface area contributed by atoms with Crippen molar-refractivity contribution in [2.24, 2.45) is 7.05 Å². The first-order valence-electron chi connectivity index (χ1n) is 4.95. The number of alkyl halides is 1. The molecule has 4 nitrogen and oxygen atoms in total. The predicted octanol–water partition coefficient (Wildman–Crippen LogP) is 1.02. The van der Waals surface area contributed by atoms with Gasteiger partial charge < -0.3 is 0 Å². The van der Waals surface area contributed by atoms with Gasteiger partial charge in [-0.2, -0.15) is 0 Å². The van der Waals surface area contributed by atoms with Crippen LogP contribution in [0.1, 0.15) is 18.5 Å². The van der Waals surface area contributed by atoms with Gasteiger partial charge in [0.2, 0.25) is 0 Å². The maximum absolute atomic E-state index is 6.10. The van der Waals surface area contributed by atoms with Crippen LogP contribution in [-0.2, 0) is 13.6 Å². The highest BCUT2D eigenvalue weighted by atomic mass is 35.5. The van der Waals surface area contributed by atoms with Gasteiger partial charge in [0, 0.05) is 31.7 Å². The van der Waals surface area contributed by atoms with Crippen LogP contribution < -0.4 is 0 Å². The number of hydrogen-bond acceptors (Lipinski definition) is 3. The zero-order valence-electron chi connectivity index (χ0n) is 8.36. The maximum Gasteiger partial charge on any atom is 0.0967 e. The summed E-state index contributed by atoms with van der Waals surface area (Å²) in [6.45, 7) is 2.97. The van der Waals surface area contributed by atoms with Crippen molar-refractivity contribution in [2.45, 2.75) is 24.8 Å². The van der Waals surface area contributed by atoms with Gasteiger partial charge in [-0.3, -0.25) is 9.58 Å². The Labute approximate surface area is 88.8 Å². The fourth-order valence-corrected chi connectivity index (χ4v) is 2.19. The molecule has 0 saturated carbocycles. The summed E-state index contributed by atoms with van der Waals surface area (Å²) in [5, 5.41) is 8.28.